The monoisotopic (exact) mass is 438 g/mol. The van der Waals surface area contributed by atoms with Gasteiger partial charge in [-0.3, -0.25) is 4.68 Å². The molecule has 1 aromatic heterocycles. The van der Waals surface area contributed by atoms with E-state index in [9.17, 15) is 18.0 Å². The number of hydrogen-bond acceptors (Lipinski definition) is 3. The number of carbonyl (C=O) groups excluding carboxylic acids is 1. The zero-order valence-corrected chi connectivity index (χ0v) is 16.2. The van der Waals surface area contributed by atoms with Crippen molar-refractivity contribution in [2.24, 2.45) is 7.05 Å². The summed E-state index contributed by atoms with van der Waals surface area (Å²) in [5, 5.41) is 4.12. The minimum atomic E-state index is -4.57. The van der Waals surface area contributed by atoms with Gasteiger partial charge < -0.3 is 4.74 Å². The van der Waals surface area contributed by atoms with E-state index in [1.165, 1.54) is 19.2 Å². The zero-order valence-electron chi connectivity index (χ0n) is 13.8. The number of esters is 1. The Morgan fingerprint density at radius 3 is 2.44 bits per heavy atom. The van der Waals surface area contributed by atoms with Gasteiger partial charge in [-0.2, -0.15) is 18.3 Å². The van der Waals surface area contributed by atoms with Crippen LogP contribution in [0.25, 0.3) is 11.3 Å². The normalized spacial score (nSPS) is 11.9. The molecule has 0 saturated carbocycles. The molecular formula is C16H15BrClF3N2O2. The van der Waals surface area contributed by atoms with Crippen molar-refractivity contribution >= 4 is 33.5 Å². The third kappa shape index (κ3) is 4.00. The first-order valence-electron chi connectivity index (χ1n) is 7.24. The molecule has 136 valence electrons. The van der Waals surface area contributed by atoms with E-state index in [0.29, 0.717) is 11.1 Å². The van der Waals surface area contributed by atoms with Gasteiger partial charge in [0, 0.05) is 12.6 Å². The van der Waals surface area contributed by atoms with Gasteiger partial charge in [0.05, 0.1) is 21.2 Å². The van der Waals surface area contributed by atoms with E-state index >= 15 is 0 Å². The van der Waals surface area contributed by atoms with Gasteiger partial charge in [0.2, 0.25) is 0 Å². The van der Waals surface area contributed by atoms with Crippen LogP contribution in [0.4, 0.5) is 13.2 Å². The second-order valence-corrected chi connectivity index (χ2v) is 6.93. The summed E-state index contributed by atoms with van der Waals surface area (Å²) in [6.45, 7) is 5.05. The van der Waals surface area contributed by atoms with Gasteiger partial charge in [0.1, 0.15) is 5.69 Å². The maximum Gasteiger partial charge on any atom is 0.434 e. The predicted octanol–water partition coefficient (Wildman–Crippen LogP) is 5.40. The van der Waals surface area contributed by atoms with Crippen molar-refractivity contribution < 1.29 is 22.7 Å². The zero-order chi connectivity index (χ0) is 19.1. The molecule has 0 spiro atoms. The molecule has 2 rings (SSSR count). The van der Waals surface area contributed by atoms with Gasteiger partial charge in [-0.25, -0.2) is 4.79 Å². The smallest absolute Gasteiger partial charge is 0.434 e. The van der Waals surface area contributed by atoms with Crippen LogP contribution in [0, 0.1) is 6.92 Å². The molecule has 4 nitrogen and oxygen atoms in total. The van der Waals surface area contributed by atoms with E-state index in [4.69, 9.17) is 16.3 Å². The standard InChI is InChI=1S/C16H15BrClF3N2O2/c1-7(2)25-15(24)10-6-9(8(3)5-11(10)18)13-12(17)14(16(19,20)21)23(4)22-13/h5-7H,1-4H3. The van der Waals surface area contributed by atoms with Crippen LogP contribution in [0.5, 0.6) is 0 Å². The Morgan fingerprint density at radius 2 is 1.96 bits per heavy atom. The lowest BCUT2D eigenvalue weighted by Crippen LogP contribution is -2.12. The molecule has 0 aliphatic carbocycles. The third-order valence-corrected chi connectivity index (χ3v) is 4.45. The Morgan fingerprint density at radius 1 is 1.36 bits per heavy atom. The topological polar surface area (TPSA) is 44.1 Å². The number of aryl methyl sites for hydroxylation is 2. The summed E-state index contributed by atoms with van der Waals surface area (Å²) >= 11 is 9.07. The summed E-state index contributed by atoms with van der Waals surface area (Å²) in [7, 11) is 1.20. The first kappa shape index (κ1) is 19.8. The molecule has 1 heterocycles. The van der Waals surface area contributed by atoms with Crippen molar-refractivity contribution in [3.8, 4) is 11.3 Å². The highest BCUT2D eigenvalue weighted by molar-refractivity contribution is 9.10. The second kappa shape index (κ2) is 6.99. The van der Waals surface area contributed by atoms with E-state index < -0.39 is 17.8 Å². The Bertz CT molecular complexity index is 832. The number of aromatic nitrogens is 2. The van der Waals surface area contributed by atoms with Gasteiger partial charge in [-0.1, -0.05) is 11.6 Å². The van der Waals surface area contributed by atoms with Crippen molar-refractivity contribution in [3.05, 3.63) is 38.4 Å². The number of halogens is 5. The van der Waals surface area contributed by atoms with Gasteiger partial charge in [-0.05, 0) is 54.4 Å². The summed E-state index contributed by atoms with van der Waals surface area (Å²) in [4.78, 5) is 12.2. The second-order valence-electron chi connectivity index (χ2n) is 5.73. The van der Waals surface area contributed by atoms with Crippen molar-refractivity contribution in [3.63, 3.8) is 0 Å². The lowest BCUT2D eigenvalue weighted by atomic mass is 10.0. The largest absolute Gasteiger partial charge is 0.459 e. The maximum atomic E-state index is 13.2. The highest BCUT2D eigenvalue weighted by atomic mass is 79.9. The quantitative estimate of drug-likeness (QED) is 0.602. The van der Waals surface area contributed by atoms with Crippen LogP contribution in [0.1, 0.15) is 35.5 Å². The molecule has 0 aliphatic heterocycles. The minimum Gasteiger partial charge on any atom is -0.459 e. The fourth-order valence-electron chi connectivity index (χ4n) is 2.34. The van der Waals surface area contributed by atoms with Crippen molar-refractivity contribution in [2.75, 3.05) is 0 Å². The molecule has 0 unspecified atom stereocenters. The Labute approximate surface area is 156 Å². The molecule has 0 atom stereocenters. The van der Waals surface area contributed by atoms with E-state index in [1.54, 1.807) is 20.8 Å². The summed E-state index contributed by atoms with van der Waals surface area (Å²) in [6, 6.07) is 2.90. The number of nitrogens with zero attached hydrogens (tertiary/aromatic N) is 2. The fourth-order valence-corrected chi connectivity index (χ4v) is 3.41. The number of rotatable bonds is 3. The molecule has 0 saturated heterocycles. The first-order valence-corrected chi connectivity index (χ1v) is 8.41. The van der Waals surface area contributed by atoms with Crippen molar-refractivity contribution in [2.45, 2.75) is 33.1 Å². The molecule has 1 aromatic carbocycles. The average Bonchev–Trinajstić information content (AvgIpc) is 2.72. The highest BCUT2D eigenvalue weighted by Gasteiger charge is 2.39. The van der Waals surface area contributed by atoms with Crippen LogP contribution in [0.15, 0.2) is 16.6 Å². The molecule has 0 N–H and O–H groups in total. The van der Waals surface area contributed by atoms with Crippen molar-refractivity contribution in [1.29, 1.82) is 0 Å². The van der Waals surface area contributed by atoms with Crippen LogP contribution in [-0.2, 0) is 18.0 Å². The van der Waals surface area contributed by atoms with E-state index in [0.717, 1.165) is 4.68 Å². The Kier molecular flexibility index (Phi) is 5.53. The fraction of sp³-hybridized carbons (Fsp3) is 0.375. The predicted molar refractivity (Wildman–Crippen MR) is 91.6 cm³/mol. The summed E-state index contributed by atoms with van der Waals surface area (Å²) in [5.41, 5.74) is 0.171. The summed E-state index contributed by atoms with van der Waals surface area (Å²) < 4.78 is 45.2. The number of carbonyl (C=O) groups is 1. The van der Waals surface area contributed by atoms with Crippen LogP contribution in [0.3, 0.4) is 0 Å². The van der Waals surface area contributed by atoms with Gasteiger partial charge >= 0.3 is 12.1 Å². The van der Waals surface area contributed by atoms with Gasteiger partial charge in [0.15, 0.2) is 5.69 Å². The van der Waals surface area contributed by atoms with Crippen LogP contribution in [0.2, 0.25) is 5.02 Å². The summed E-state index contributed by atoms with van der Waals surface area (Å²) in [6.07, 6.45) is -4.93. The molecule has 9 heteroatoms. The Hall–Kier alpha value is -1.54. The molecular weight excluding hydrogens is 425 g/mol. The number of benzene rings is 1. The molecule has 25 heavy (non-hydrogen) atoms. The van der Waals surface area contributed by atoms with Crippen LogP contribution >= 0.6 is 27.5 Å². The van der Waals surface area contributed by atoms with Gasteiger partial charge in [-0.15, -0.1) is 0 Å². The van der Waals surface area contributed by atoms with Gasteiger partial charge in [0.25, 0.3) is 0 Å². The molecule has 2 aromatic rings. The van der Waals surface area contributed by atoms with Crippen LogP contribution in [-0.4, -0.2) is 21.9 Å². The maximum absolute atomic E-state index is 13.2. The SMILES string of the molecule is Cc1cc(Cl)c(C(=O)OC(C)C)cc1-c1nn(C)c(C(F)(F)F)c1Br. The van der Waals surface area contributed by atoms with E-state index in [1.807, 2.05) is 0 Å². The average molecular weight is 440 g/mol. The Balaban J connectivity index is 2.63. The lowest BCUT2D eigenvalue weighted by Gasteiger charge is -2.12. The first-order chi connectivity index (χ1) is 11.4. The molecule has 0 radical (unpaired) electrons. The number of hydrogen-bond donors (Lipinski definition) is 0. The molecule has 0 aliphatic rings. The number of alkyl halides is 3. The third-order valence-electron chi connectivity index (χ3n) is 3.39. The van der Waals surface area contributed by atoms with E-state index in [-0.39, 0.29) is 26.9 Å². The van der Waals surface area contributed by atoms with Crippen molar-refractivity contribution in [1.82, 2.24) is 9.78 Å². The van der Waals surface area contributed by atoms with E-state index in [2.05, 4.69) is 21.0 Å². The number of ether oxygens (including phenoxy) is 1. The molecule has 0 amide bonds. The molecule has 0 fully saturated rings. The van der Waals surface area contributed by atoms with Crippen LogP contribution < -0.4 is 0 Å². The highest BCUT2D eigenvalue weighted by Crippen LogP contribution is 2.41. The molecule has 0 bridgehead atoms. The minimum absolute atomic E-state index is 0.0714. The summed E-state index contributed by atoms with van der Waals surface area (Å²) in [5.74, 6) is -0.649. The lowest BCUT2D eigenvalue weighted by molar-refractivity contribution is -0.144.